The lowest BCUT2D eigenvalue weighted by atomic mass is 9.84. The molecule has 0 aliphatic heterocycles. The number of aryl methyl sites for hydroxylation is 1. The van der Waals surface area contributed by atoms with Crippen molar-refractivity contribution >= 4 is 5.91 Å². The van der Waals surface area contributed by atoms with E-state index in [0.717, 1.165) is 18.4 Å². The number of nitrogens with zero attached hydrogens (tertiary/aromatic N) is 1. The quantitative estimate of drug-likeness (QED) is 0.903. The molecule has 1 atom stereocenters. The standard InChI is InChI=1S/C16H20N2O/c1-12-7-5-6-10-14(12)16(19)18-15(11-17)13-8-3-2-4-9-13/h5-7,10,13,15H,2-4,8-9H2,1H3,(H,18,19). The lowest BCUT2D eigenvalue weighted by Crippen LogP contribution is -2.40. The number of rotatable bonds is 3. The average molecular weight is 256 g/mol. The zero-order valence-corrected chi connectivity index (χ0v) is 11.4. The Morgan fingerprint density at radius 2 is 2.00 bits per heavy atom. The van der Waals surface area contributed by atoms with Crippen LogP contribution < -0.4 is 5.32 Å². The van der Waals surface area contributed by atoms with Crippen molar-refractivity contribution in [2.24, 2.45) is 5.92 Å². The van der Waals surface area contributed by atoms with E-state index in [2.05, 4.69) is 11.4 Å². The van der Waals surface area contributed by atoms with Crippen LogP contribution in [0, 0.1) is 24.2 Å². The van der Waals surface area contributed by atoms with Crippen molar-refractivity contribution in [1.82, 2.24) is 5.32 Å². The van der Waals surface area contributed by atoms with Gasteiger partial charge in [-0.3, -0.25) is 4.79 Å². The van der Waals surface area contributed by atoms with Crippen molar-refractivity contribution in [3.8, 4) is 6.07 Å². The van der Waals surface area contributed by atoms with E-state index in [1.54, 1.807) is 6.07 Å². The molecule has 3 heteroatoms. The second-order valence-corrected chi connectivity index (χ2v) is 5.29. The Morgan fingerprint density at radius 3 is 2.63 bits per heavy atom. The van der Waals surface area contributed by atoms with Gasteiger partial charge in [0.2, 0.25) is 0 Å². The van der Waals surface area contributed by atoms with Crippen LogP contribution in [0.5, 0.6) is 0 Å². The monoisotopic (exact) mass is 256 g/mol. The van der Waals surface area contributed by atoms with E-state index < -0.39 is 0 Å². The Balaban J connectivity index is 2.04. The summed E-state index contributed by atoms with van der Waals surface area (Å²) in [7, 11) is 0. The molecule has 0 heterocycles. The fourth-order valence-corrected chi connectivity index (χ4v) is 2.77. The fraction of sp³-hybridized carbons (Fsp3) is 0.500. The number of hydrogen-bond acceptors (Lipinski definition) is 2. The summed E-state index contributed by atoms with van der Waals surface area (Å²) in [6.45, 7) is 1.91. The van der Waals surface area contributed by atoms with Crippen LogP contribution in [-0.4, -0.2) is 11.9 Å². The van der Waals surface area contributed by atoms with Gasteiger partial charge in [0.15, 0.2) is 0 Å². The van der Waals surface area contributed by atoms with Crippen LogP contribution in [0.25, 0.3) is 0 Å². The molecule has 1 aromatic carbocycles. The lowest BCUT2D eigenvalue weighted by Gasteiger charge is -2.26. The molecular weight excluding hydrogens is 236 g/mol. The molecule has 3 nitrogen and oxygen atoms in total. The summed E-state index contributed by atoms with van der Waals surface area (Å²) in [4.78, 5) is 12.2. The van der Waals surface area contributed by atoms with Gasteiger partial charge in [-0.05, 0) is 37.3 Å². The number of carbonyl (C=O) groups excluding carboxylic acids is 1. The number of carbonyl (C=O) groups is 1. The Kier molecular flexibility index (Phi) is 4.57. The zero-order chi connectivity index (χ0) is 13.7. The Labute approximate surface area is 114 Å². The molecule has 0 saturated heterocycles. The summed E-state index contributed by atoms with van der Waals surface area (Å²) in [6.07, 6.45) is 5.69. The molecule has 2 rings (SSSR count). The fourth-order valence-electron chi connectivity index (χ4n) is 2.77. The smallest absolute Gasteiger partial charge is 0.252 e. The topological polar surface area (TPSA) is 52.9 Å². The molecule has 1 aliphatic carbocycles. The van der Waals surface area contributed by atoms with Gasteiger partial charge in [-0.1, -0.05) is 37.5 Å². The van der Waals surface area contributed by atoms with Crippen molar-refractivity contribution in [3.63, 3.8) is 0 Å². The second kappa shape index (κ2) is 6.38. The van der Waals surface area contributed by atoms with Gasteiger partial charge in [0.1, 0.15) is 6.04 Å². The lowest BCUT2D eigenvalue weighted by molar-refractivity contribution is 0.0928. The van der Waals surface area contributed by atoms with Crippen molar-refractivity contribution in [1.29, 1.82) is 5.26 Å². The number of nitriles is 1. The zero-order valence-electron chi connectivity index (χ0n) is 11.4. The molecular formula is C16H20N2O. The van der Waals surface area contributed by atoms with Gasteiger partial charge in [-0.15, -0.1) is 0 Å². The largest absolute Gasteiger partial charge is 0.336 e. The highest BCUT2D eigenvalue weighted by Gasteiger charge is 2.25. The second-order valence-electron chi connectivity index (χ2n) is 5.29. The summed E-state index contributed by atoms with van der Waals surface area (Å²) in [5.74, 6) is 0.182. The molecule has 1 fully saturated rings. The van der Waals surface area contributed by atoms with E-state index >= 15 is 0 Å². The normalized spacial score (nSPS) is 17.5. The Bertz CT molecular complexity index is 484. The number of nitrogens with one attached hydrogen (secondary N) is 1. The first-order valence-corrected chi connectivity index (χ1v) is 6.98. The summed E-state index contributed by atoms with van der Waals surface area (Å²) in [6, 6.07) is 9.39. The number of hydrogen-bond donors (Lipinski definition) is 1. The average Bonchev–Trinajstić information content (AvgIpc) is 2.46. The third kappa shape index (κ3) is 3.35. The van der Waals surface area contributed by atoms with E-state index in [1.165, 1.54) is 19.3 Å². The minimum atomic E-state index is -0.354. The minimum absolute atomic E-state index is 0.129. The first-order chi connectivity index (χ1) is 9.22. The van der Waals surface area contributed by atoms with Crippen molar-refractivity contribution in [2.45, 2.75) is 45.1 Å². The first-order valence-electron chi connectivity index (χ1n) is 6.98. The van der Waals surface area contributed by atoms with E-state index in [1.807, 2.05) is 25.1 Å². The van der Waals surface area contributed by atoms with Gasteiger partial charge in [-0.25, -0.2) is 0 Å². The van der Waals surface area contributed by atoms with Crippen LogP contribution in [0.1, 0.15) is 48.0 Å². The maximum absolute atomic E-state index is 12.2. The van der Waals surface area contributed by atoms with E-state index in [-0.39, 0.29) is 11.9 Å². The highest BCUT2D eigenvalue weighted by molar-refractivity contribution is 5.95. The molecule has 1 aromatic rings. The molecule has 1 N–H and O–H groups in total. The van der Waals surface area contributed by atoms with E-state index in [0.29, 0.717) is 11.5 Å². The molecule has 0 aromatic heterocycles. The summed E-state index contributed by atoms with van der Waals surface area (Å²) in [5.41, 5.74) is 1.61. The first kappa shape index (κ1) is 13.6. The minimum Gasteiger partial charge on any atom is -0.336 e. The highest BCUT2D eigenvalue weighted by atomic mass is 16.1. The SMILES string of the molecule is Cc1ccccc1C(=O)NC(C#N)C1CCCCC1. The third-order valence-corrected chi connectivity index (χ3v) is 3.94. The third-order valence-electron chi connectivity index (χ3n) is 3.94. The van der Waals surface area contributed by atoms with Gasteiger partial charge in [0.25, 0.3) is 5.91 Å². The van der Waals surface area contributed by atoms with Crippen LogP contribution >= 0.6 is 0 Å². The van der Waals surface area contributed by atoms with Crippen molar-refractivity contribution < 1.29 is 4.79 Å². The number of amides is 1. The van der Waals surface area contributed by atoms with Crippen molar-refractivity contribution in [3.05, 3.63) is 35.4 Å². The Morgan fingerprint density at radius 1 is 1.32 bits per heavy atom. The summed E-state index contributed by atoms with van der Waals surface area (Å²) in [5, 5.41) is 12.2. The molecule has 100 valence electrons. The molecule has 1 saturated carbocycles. The van der Waals surface area contributed by atoms with Crippen LogP contribution in [0.3, 0.4) is 0 Å². The van der Waals surface area contributed by atoms with Gasteiger partial charge in [0.05, 0.1) is 6.07 Å². The molecule has 1 unspecified atom stereocenters. The van der Waals surface area contributed by atoms with Gasteiger partial charge < -0.3 is 5.32 Å². The maximum Gasteiger partial charge on any atom is 0.252 e. The van der Waals surface area contributed by atoms with E-state index in [4.69, 9.17) is 0 Å². The molecule has 0 bridgehead atoms. The Hall–Kier alpha value is -1.82. The molecule has 0 spiro atoms. The number of benzene rings is 1. The van der Waals surface area contributed by atoms with Crippen molar-refractivity contribution in [2.75, 3.05) is 0 Å². The molecule has 1 aliphatic rings. The van der Waals surface area contributed by atoms with Crippen LogP contribution in [0.2, 0.25) is 0 Å². The predicted octanol–water partition coefficient (Wildman–Crippen LogP) is 3.20. The van der Waals surface area contributed by atoms with Gasteiger partial charge in [0, 0.05) is 5.56 Å². The molecule has 0 radical (unpaired) electrons. The molecule has 19 heavy (non-hydrogen) atoms. The summed E-state index contributed by atoms with van der Waals surface area (Å²) >= 11 is 0. The molecule has 1 amide bonds. The van der Waals surface area contributed by atoms with Gasteiger partial charge >= 0.3 is 0 Å². The maximum atomic E-state index is 12.2. The highest BCUT2D eigenvalue weighted by Crippen LogP contribution is 2.26. The van der Waals surface area contributed by atoms with Crippen LogP contribution in [0.15, 0.2) is 24.3 Å². The van der Waals surface area contributed by atoms with Gasteiger partial charge in [-0.2, -0.15) is 5.26 Å². The predicted molar refractivity (Wildman–Crippen MR) is 74.6 cm³/mol. The van der Waals surface area contributed by atoms with Crippen LogP contribution in [0.4, 0.5) is 0 Å². The van der Waals surface area contributed by atoms with Crippen LogP contribution in [-0.2, 0) is 0 Å². The van der Waals surface area contributed by atoms with E-state index in [9.17, 15) is 10.1 Å². The summed E-state index contributed by atoms with van der Waals surface area (Å²) < 4.78 is 0.